The van der Waals surface area contributed by atoms with Gasteiger partial charge in [0.05, 0.1) is 45.1 Å². The zero-order chi connectivity index (χ0) is 27.0. The molecule has 3 aromatic carbocycles. The molecule has 0 spiro atoms. The number of carbonyl (C=O) groups excluding carboxylic acids is 3. The third-order valence-electron chi connectivity index (χ3n) is 6.25. The Morgan fingerprint density at radius 1 is 0.684 bits per heavy atom. The van der Waals surface area contributed by atoms with Crippen molar-refractivity contribution in [3.63, 3.8) is 0 Å². The first-order valence-corrected chi connectivity index (χ1v) is 12.3. The molecule has 0 N–H and O–H groups in total. The molecule has 0 unspecified atom stereocenters. The monoisotopic (exact) mass is 529 g/mol. The lowest BCUT2D eigenvalue weighted by molar-refractivity contribution is 0.0927. The normalized spacial score (nSPS) is 12.4. The Kier molecular flexibility index (Phi) is 6.61. The highest BCUT2D eigenvalue weighted by Crippen LogP contribution is 2.45. The average Bonchev–Trinajstić information content (AvgIpc) is 3.50. The Morgan fingerprint density at radius 3 is 1.74 bits per heavy atom. The maximum Gasteiger partial charge on any atom is 0.266 e. The second-order valence-corrected chi connectivity index (χ2v) is 9.29. The van der Waals surface area contributed by atoms with Gasteiger partial charge >= 0.3 is 0 Å². The van der Waals surface area contributed by atoms with E-state index in [0.29, 0.717) is 27.9 Å². The van der Waals surface area contributed by atoms with Crippen LogP contribution in [0.1, 0.15) is 36.6 Å². The Labute approximate surface area is 222 Å². The van der Waals surface area contributed by atoms with Crippen LogP contribution in [0.25, 0.3) is 10.4 Å². The Morgan fingerprint density at radius 2 is 1.21 bits per heavy atom. The van der Waals surface area contributed by atoms with E-state index < -0.39 is 17.6 Å². The van der Waals surface area contributed by atoms with E-state index in [1.807, 2.05) is 18.2 Å². The van der Waals surface area contributed by atoms with Crippen molar-refractivity contribution in [1.29, 1.82) is 0 Å². The average molecular weight is 530 g/mol. The van der Waals surface area contributed by atoms with Gasteiger partial charge in [-0.1, -0.05) is 24.3 Å². The zero-order valence-electron chi connectivity index (χ0n) is 21.1. The van der Waals surface area contributed by atoms with Crippen molar-refractivity contribution in [2.45, 2.75) is 0 Å². The number of hydrogen-bond acceptors (Lipinski definition) is 8. The van der Waals surface area contributed by atoms with Crippen molar-refractivity contribution in [2.75, 3.05) is 33.3 Å². The molecule has 0 atom stereocenters. The predicted octanol–water partition coefficient (Wildman–Crippen LogP) is 5.48. The van der Waals surface area contributed by atoms with Crippen LogP contribution in [-0.4, -0.2) is 46.0 Å². The topological polar surface area (TPSA) is 91.4 Å². The molecule has 2 amide bonds. The van der Waals surface area contributed by atoms with E-state index in [1.54, 1.807) is 43.5 Å². The molecule has 8 nitrogen and oxygen atoms in total. The number of thiophene rings is 1. The SMILES string of the molecule is COc1ccccc1-c1cc(C(=O)c2cc(OC)c(OC)c(OC)c2)c(N2C(=O)c3ccccc3C2=O)s1. The first-order valence-electron chi connectivity index (χ1n) is 11.5. The van der Waals surface area contributed by atoms with Gasteiger partial charge in [0, 0.05) is 16.0 Å². The quantitative estimate of drug-likeness (QED) is 0.220. The number of methoxy groups -OCH3 is 4. The van der Waals surface area contributed by atoms with Crippen LogP contribution in [0.3, 0.4) is 0 Å². The largest absolute Gasteiger partial charge is 0.496 e. The number of anilines is 1. The number of amides is 2. The molecule has 0 saturated carbocycles. The van der Waals surface area contributed by atoms with Crippen LogP contribution in [0.15, 0.2) is 66.7 Å². The summed E-state index contributed by atoms with van der Waals surface area (Å²) in [6.07, 6.45) is 0. The molecule has 4 aromatic rings. The zero-order valence-corrected chi connectivity index (χ0v) is 21.9. The summed E-state index contributed by atoms with van der Waals surface area (Å²) in [6.45, 7) is 0. The van der Waals surface area contributed by atoms with Gasteiger partial charge in [-0.3, -0.25) is 14.4 Å². The lowest BCUT2D eigenvalue weighted by Gasteiger charge is -2.16. The summed E-state index contributed by atoms with van der Waals surface area (Å²) >= 11 is 1.16. The van der Waals surface area contributed by atoms with E-state index in [2.05, 4.69) is 0 Å². The minimum Gasteiger partial charge on any atom is -0.496 e. The molecule has 5 rings (SSSR count). The van der Waals surface area contributed by atoms with Crippen LogP contribution in [-0.2, 0) is 0 Å². The van der Waals surface area contributed by atoms with Gasteiger partial charge in [-0.2, -0.15) is 0 Å². The molecule has 1 aromatic heterocycles. The number of ether oxygens (including phenoxy) is 4. The number of ketones is 1. The van der Waals surface area contributed by atoms with Gasteiger partial charge < -0.3 is 18.9 Å². The Balaban J connectivity index is 1.71. The van der Waals surface area contributed by atoms with Gasteiger partial charge in [-0.15, -0.1) is 11.3 Å². The lowest BCUT2D eigenvalue weighted by atomic mass is 10.0. The third-order valence-corrected chi connectivity index (χ3v) is 7.41. The molecule has 9 heteroatoms. The van der Waals surface area contributed by atoms with Crippen molar-refractivity contribution in [3.05, 3.63) is 89.0 Å². The fourth-order valence-electron chi connectivity index (χ4n) is 4.43. The summed E-state index contributed by atoms with van der Waals surface area (Å²) < 4.78 is 21.8. The van der Waals surface area contributed by atoms with Gasteiger partial charge in [-0.05, 0) is 42.5 Å². The molecule has 2 heterocycles. The van der Waals surface area contributed by atoms with Gasteiger partial charge in [0.15, 0.2) is 17.3 Å². The van der Waals surface area contributed by atoms with E-state index in [4.69, 9.17) is 18.9 Å². The highest BCUT2D eigenvalue weighted by Gasteiger charge is 2.40. The number of hydrogen-bond donors (Lipinski definition) is 0. The van der Waals surface area contributed by atoms with Crippen molar-refractivity contribution < 1.29 is 33.3 Å². The van der Waals surface area contributed by atoms with Crippen LogP contribution in [0, 0.1) is 0 Å². The third kappa shape index (κ3) is 3.97. The number of fused-ring (bicyclic) bond motifs is 1. The van der Waals surface area contributed by atoms with Gasteiger partial charge in [0.1, 0.15) is 10.8 Å². The lowest BCUT2D eigenvalue weighted by Crippen LogP contribution is -2.29. The van der Waals surface area contributed by atoms with Crippen molar-refractivity contribution in [2.24, 2.45) is 0 Å². The molecule has 0 aliphatic carbocycles. The number of benzene rings is 3. The standard InChI is InChI=1S/C29H23NO7S/c1-34-21-12-8-7-11-19(21)24-15-20(25(31)16-13-22(35-2)26(37-4)23(14-16)36-3)29(38-24)30-27(32)17-9-5-6-10-18(17)28(30)33/h5-15H,1-4H3. The Bertz CT molecular complexity index is 1530. The summed E-state index contributed by atoms with van der Waals surface area (Å²) in [4.78, 5) is 42.5. The molecule has 0 fully saturated rings. The molecule has 1 aliphatic rings. The highest BCUT2D eigenvalue weighted by molar-refractivity contribution is 7.20. The summed E-state index contributed by atoms with van der Waals surface area (Å²) in [5, 5.41) is 0.218. The number of nitrogens with zero attached hydrogens (tertiary/aromatic N) is 1. The van der Waals surface area contributed by atoms with Crippen LogP contribution >= 0.6 is 11.3 Å². The molecular formula is C29H23NO7S. The number of rotatable bonds is 8. The fourth-order valence-corrected chi connectivity index (χ4v) is 5.61. The van der Waals surface area contributed by atoms with Crippen molar-refractivity contribution in [1.82, 2.24) is 0 Å². The van der Waals surface area contributed by atoms with Crippen molar-refractivity contribution >= 4 is 33.9 Å². The first kappa shape index (κ1) is 25.0. The van der Waals surface area contributed by atoms with E-state index in [0.717, 1.165) is 21.8 Å². The summed E-state index contributed by atoms with van der Waals surface area (Å²) in [5.74, 6) is 0.140. The van der Waals surface area contributed by atoms with Gasteiger partial charge in [0.2, 0.25) is 5.75 Å². The van der Waals surface area contributed by atoms with Crippen LogP contribution < -0.4 is 23.8 Å². The Hall–Kier alpha value is -4.63. The number of carbonyl (C=O) groups is 3. The summed E-state index contributed by atoms with van der Waals surface area (Å²) in [7, 11) is 5.94. The first-order chi connectivity index (χ1) is 18.4. The maximum absolute atomic E-state index is 14.0. The van der Waals surface area contributed by atoms with Crippen LogP contribution in [0.4, 0.5) is 5.00 Å². The fraction of sp³-hybridized carbons (Fsp3) is 0.138. The second-order valence-electron chi connectivity index (χ2n) is 8.26. The van der Waals surface area contributed by atoms with E-state index >= 15 is 0 Å². The molecule has 38 heavy (non-hydrogen) atoms. The van der Waals surface area contributed by atoms with E-state index in [9.17, 15) is 14.4 Å². The van der Waals surface area contributed by atoms with Crippen molar-refractivity contribution in [3.8, 4) is 33.4 Å². The molecule has 0 radical (unpaired) electrons. The smallest absolute Gasteiger partial charge is 0.266 e. The minimum absolute atomic E-state index is 0.180. The van der Waals surface area contributed by atoms with E-state index in [-0.39, 0.29) is 27.3 Å². The van der Waals surface area contributed by atoms with E-state index in [1.165, 1.54) is 33.5 Å². The molecule has 192 valence electrons. The number of imide groups is 1. The summed E-state index contributed by atoms with van der Waals surface area (Å²) in [5.41, 5.74) is 1.72. The number of para-hydroxylation sites is 1. The molecular weight excluding hydrogens is 506 g/mol. The van der Waals surface area contributed by atoms with Crippen LogP contribution in [0.2, 0.25) is 0 Å². The minimum atomic E-state index is -0.488. The van der Waals surface area contributed by atoms with Crippen LogP contribution in [0.5, 0.6) is 23.0 Å². The summed E-state index contributed by atoms with van der Waals surface area (Å²) in [6, 6.07) is 18.7. The molecule has 0 saturated heterocycles. The maximum atomic E-state index is 14.0. The van der Waals surface area contributed by atoms with Gasteiger partial charge in [0.25, 0.3) is 11.8 Å². The molecule has 0 bridgehead atoms. The highest BCUT2D eigenvalue weighted by atomic mass is 32.1. The van der Waals surface area contributed by atoms with Gasteiger partial charge in [-0.25, -0.2) is 4.90 Å². The molecule has 1 aliphatic heterocycles. The second kappa shape index (κ2) is 10.0. The predicted molar refractivity (Wildman–Crippen MR) is 143 cm³/mol.